The summed E-state index contributed by atoms with van der Waals surface area (Å²) >= 11 is 0. The molecule has 1 aliphatic heterocycles. The lowest BCUT2D eigenvalue weighted by Gasteiger charge is -2.24. The molecule has 1 aliphatic rings. The van der Waals surface area contributed by atoms with E-state index in [2.05, 4.69) is 15.6 Å². The molecule has 11 heteroatoms. The van der Waals surface area contributed by atoms with Crippen LogP contribution in [0.15, 0.2) is 18.2 Å². The van der Waals surface area contributed by atoms with Gasteiger partial charge in [-0.2, -0.15) is 13.2 Å². The molecule has 1 amide bonds. The second-order valence-electron chi connectivity index (χ2n) is 9.70. The smallest absolute Gasteiger partial charge is 0.376 e. The van der Waals surface area contributed by atoms with Crippen molar-refractivity contribution in [3.8, 4) is 0 Å². The van der Waals surface area contributed by atoms with E-state index in [4.69, 9.17) is 0 Å². The van der Waals surface area contributed by atoms with Crippen molar-refractivity contribution < 1.29 is 31.2 Å². The van der Waals surface area contributed by atoms with E-state index in [0.29, 0.717) is 27.7 Å². The Bertz CT molecular complexity index is 1230. The Morgan fingerprint density at radius 2 is 1.85 bits per heavy atom. The van der Waals surface area contributed by atoms with Gasteiger partial charge in [0.05, 0.1) is 17.0 Å². The number of halogens is 3. The molecule has 7 nitrogen and oxygen atoms in total. The van der Waals surface area contributed by atoms with Gasteiger partial charge in [0.15, 0.2) is 9.84 Å². The number of nitrogens with one attached hydrogen (secondary N) is 2. The van der Waals surface area contributed by atoms with E-state index in [9.17, 15) is 31.2 Å². The largest absolute Gasteiger partial charge is 0.405 e. The number of hydrogen-bond acceptors (Lipinski definition) is 6. The first-order chi connectivity index (χ1) is 15.6. The summed E-state index contributed by atoms with van der Waals surface area (Å²) in [7, 11) is -3.32. The lowest BCUT2D eigenvalue weighted by molar-refractivity contribution is -0.122. The maximum absolute atomic E-state index is 12.8. The van der Waals surface area contributed by atoms with Gasteiger partial charge < -0.3 is 10.6 Å². The van der Waals surface area contributed by atoms with Crippen molar-refractivity contribution in [3.63, 3.8) is 0 Å². The van der Waals surface area contributed by atoms with Crippen molar-refractivity contribution in [2.45, 2.75) is 45.7 Å². The second kappa shape index (κ2) is 9.16. The Morgan fingerprint density at radius 3 is 2.47 bits per heavy atom. The van der Waals surface area contributed by atoms with Crippen molar-refractivity contribution in [1.29, 1.82) is 0 Å². The third-order valence-corrected chi connectivity index (χ3v) is 7.47. The number of nitrogens with zero attached hydrogens (tertiary/aromatic N) is 1. The van der Waals surface area contributed by atoms with E-state index in [1.807, 2.05) is 20.8 Å². The number of pyridine rings is 1. The minimum Gasteiger partial charge on any atom is -0.376 e. The Kier molecular flexibility index (Phi) is 6.99. The van der Waals surface area contributed by atoms with Gasteiger partial charge in [-0.25, -0.2) is 13.4 Å². The molecule has 0 bridgehead atoms. The number of aryl methyl sites for hydroxylation is 1. The van der Waals surface area contributed by atoms with Crippen LogP contribution in [-0.4, -0.2) is 55.9 Å². The summed E-state index contributed by atoms with van der Waals surface area (Å²) in [5, 5.41) is 5.63. The van der Waals surface area contributed by atoms with Gasteiger partial charge in [0, 0.05) is 30.0 Å². The van der Waals surface area contributed by atoms with Crippen LogP contribution < -0.4 is 10.6 Å². The number of sulfone groups is 1. The molecule has 0 spiro atoms. The van der Waals surface area contributed by atoms with Gasteiger partial charge in [0.25, 0.3) is 5.91 Å². The molecular formula is C23H28F3N3O4S. The van der Waals surface area contributed by atoms with Crippen LogP contribution in [0.4, 0.5) is 18.9 Å². The SMILES string of the molecule is Cc1cc(C(=O)NCC2CS(=O)(=O)CCC2=O)nc2c(C(C)(C)C)cc(NCC(F)(F)F)cc12. The molecule has 186 valence electrons. The fourth-order valence-corrected chi connectivity index (χ4v) is 5.50. The van der Waals surface area contributed by atoms with Crippen LogP contribution in [0.3, 0.4) is 0 Å². The maximum atomic E-state index is 12.8. The van der Waals surface area contributed by atoms with Crippen LogP contribution in [0.25, 0.3) is 10.9 Å². The van der Waals surface area contributed by atoms with E-state index in [1.165, 1.54) is 6.07 Å². The quantitative estimate of drug-likeness (QED) is 0.652. The molecule has 1 fully saturated rings. The summed E-state index contributed by atoms with van der Waals surface area (Å²) in [6.07, 6.45) is -4.43. The third-order valence-electron chi connectivity index (χ3n) is 5.73. The molecule has 0 aliphatic carbocycles. The average Bonchev–Trinajstić information content (AvgIpc) is 2.71. The van der Waals surface area contributed by atoms with Crippen LogP contribution >= 0.6 is 0 Å². The predicted molar refractivity (Wildman–Crippen MR) is 124 cm³/mol. The molecule has 0 saturated carbocycles. The zero-order valence-electron chi connectivity index (χ0n) is 19.5. The number of carbonyl (C=O) groups is 2. The molecule has 2 heterocycles. The highest BCUT2D eigenvalue weighted by Gasteiger charge is 2.32. The monoisotopic (exact) mass is 499 g/mol. The standard InChI is InChI=1S/C23H28F3N3O4S/c1-13-7-18(21(31)27-10-14-11-34(32,33)6-5-19(14)30)29-20-16(13)8-15(28-12-23(24,25)26)9-17(20)22(2,3)4/h7-9,14,28H,5-6,10-12H2,1-4H3,(H,27,31). The van der Waals surface area contributed by atoms with Gasteiger partial charge in [0.2, 0.25) is 0 Å². The molecule has 1 aromatic heterocycles. The maximum Gasteiger partial charge on any atom is 0.405 e. The van der Waals surface area contributed by atoms with Crippen molar-refractivity contribution in [3.05, 3.63) is 35.0 Å². The normalized spacial score (nSPS) is 18.7. The molecular weight excluding hydrogens is 471 g/mol. The second-order valence-corrected chi connectivity index (χ2v) is 11.9. The minimum atomic E-state index is -4.37. The van der Waals surface area contributed by atoms with Crippen molar-refractivity contribution in [2.24, 2.45) is 5.92 Å². The molecule has 34 heavy (non-hydrogen) atoms. The van der Waals surface area contributed by atoms with Crippen LogP contribution in [0.1, 0.15) is 48.8 Å². The molecule has 1 aromatic carbocycles. The number of aromatic nitrogens is 1. The summed E-state index contributed by atoms with van der Waals surface area (Å²) in [6.45, 7) is 6.14. The predicted octanol–water partition coefficient (Wildman–Crippen LogP) is 3.55. The van der Waals surface area contributed by atoms with Crippen molar-refractivity contribution in [1.82, 2.24) is 10.3 Å². The number of hydrogen-bond donors (Lipinski definition) is 2. The molecule has 1 unspecified atom stereocenters. The minimum absolute atomic E-state index is 0.0597. The van der Waals surface area contributed by atoms with E-state index in [0.717, 1.165) is 0 Å². The fraction of sp³-hybridized carbons (Fsp3) is 0.522. The Hall–Kier alpha value is -2.69. The number of amides is 1. The van der Waals surface area contributed by atoms with E-state index in [-0.39, 0.29) is 35.9 Å². The third kappa shape index (κ3) is 6.25. The lowest BCUT2D eigenvalue weighted by atomic mass is 9.84. The Morgan fingerprint density at radius 1 is 1.18 bits per heavy atom. The van der Waals surface area contributed by atoms with Crippen LogP contribution in [0.5, 0.6) is 0 Å². The summed E-state index contributed by atoms with van der Waals surface area (Å²) in [4.78, 5) is 29.4. The first kappa shape index (κ1) is 25.9. The van der Waals surface area contributed by atoms with Crippen LogP contribution in [-0.2, 0) is 20.0 Å². The van der Waals surface area contributed by atoms with E-state index in [1.54, 1.807) is 19.1 Å². The molecule has 1 atom stereocenters. The van der Waals surface area contributed by atoms with Gasteiger partial charge in [-0.15, -0.1) is 0 Å². The van der Waals surface area contributed by atoms with Gasteiger partial charge in [-0.1, -0.05) is 20.8 Å². The number of ketones is 1. The van der Waals surface area contributed by atoms with Gasteiger partial charge in [-0.05, 0) is 41.7 Å². The number of Topliss-reactive ketones (excluding diaryl/α,β-unsaturated/α-hetero) is 1. The molecule has 0 radical (unpaired) electrons. The van der Waals surface area contributed by atoms with Gasteiger partial charge in [0.1, 0.15) is 18.0 Å². The van der Waals surface area contributed by atoms with Crippen LogP contribution in [0, 0.1) is 12.8 Å². The molecule has 3 rings (SSSR count). The number of alkyl halides is 3. The Labute approximate surface area is 196 Å². The molecule has 2 N–H and O–H groups in total. The van der Waals surface area contributed by atoms with Crippen molar-refractivity contribution >= 4 is 38.1 Å². The number of benzene rings is 1. The fourth-order valence-electron chi connectivity index (χ4n) is 3.91. The Balaban J connectivity index is 1.92. The highest BCUT2D eigenvalue weighted by Crippen LogP contribution is 2.34. The lowest BCUT2D eigenvalue weighted by Crippen LogP contribution is -2.41. The van der Waals surface area contributed by atoms with E-state index >= 15 is 0 Å². The molecule has 1 saturated heterocycles. The molecule has 2 aromatic rings. The van der Waals surface area contributed by atoms with Crippen molar-refractivity contribution in [2.75, 3.05) is 29.9 Å². The van der Waals surface area contributed by atoms with E-state index < -0.39 is 39.8 Å². The average molecular weight is 500 g/mol. The summed E-state index contributed by atoms with van der Waals surface area (Å²) in [5.74, 6) is -2.02. The number of fused-ring (bicyclic) bond motifs is 1. The van der Waals surface area contributed by atoms with Gasteiger partial charge in [-0.3, -0.25) is 9.59 Å². The number of anilines is 1. The van der Waals surface area contributed by atoms with Gasteiger partial charge >= 0.3 is 6.18 Å². The van der Waals surface area contributed by atoms with Crippen LogP contribution in [0.2, 0.25) is 0 Å². The number of rotatable bonds is 5. The topological polar surface area (TPSA) is 105 Å². The highest BCUT2D eigenvalue weighted by molar-refractivity contribution is 7.91. The highest BCUT2D eigenvalue weighted by atomic mass is 32.2. The summed E-state index contributed by atoms with van der Waals surface area (Å²) in [6, 6.07) is 4.71. The first-order valence-corrected chi connectivity index (χ1v) is 12.7. The zero-order chi connectivity index (χ0) is 25.5. The number of carbonyl (C=O) groups excluding carboxylic acids is 2. The summed E-state index contributed by atoms with van der Waals surface area (Å²) in [5.41, 5.74) is 1.71. The summed E-state index contributed by atoms with van der Waals surface area (Å²) < 4.78 is 61.8. The zero-order valence-corrected chi connectivity index (χ0v) is 20.3. The first-order valence-electron chi connectivity index (χ1n) is 10.8.